The van der Waals surface area contributed by atoms with Crippen LogP contribution in [0.5, 0.6) is 0 Å². The summed E-state index contributed by atoms with van der Waals surface area (Å²) in [6.45, 7) is 17.0. The molecule has 0 saturated heterocycles. The smallest absolute Gasteiger partial charge is 0.324 e. The highest BCUT2D eigenvalue weighted by atomic mass is 16.5. The highest BCUT2D eigenvalue weighted by Crippen LogP contribution is 2.36. The van der Waals surface area contributed by atoms with Crippen LogP contribution in [0, 0.1) is 13.8 Å². The second-order valence-corrected chi connectivity index (χ2v) is 11.1. The van der Waals surface area contributed by atoms with Gasteiger partial charge in [-0.1, -0.05) is 39.8 Å². The Labute approximate surface area is 240 Å². The summed E-state index contributed by atoms with van der Waals surface area (Å²) in [6.07, 6.45) is 1.74. The first-order chi connectivity index (χ1) is 19.4. The van der Waals surface area contributed by atoms with Crippen LogP contribution in [0.2, 0.25) is 0 Å². The van der Waals surface area contributed by atoms with E-state index in [1.54, 1.807) is 30.3 Å². The fourth-order valence-corrected chi connectivity index (χ4v) is 4.73. The van der Waals surface area contributed by atoms with E-state index < -0.39 is 6.03 Å². The van der Waals surface area contributed by atoms with Crippen molar-refractivity contribution in [3.63, 3.8) is 0 Å². The molecule has 2 aromatic heterocycles. The number of carbonyl (C=O) groups excluding carboxylic acids is 3. The van der Waals surface area contributed by atoms with Crippen molar-refractivity contribution in [3.8, 4) is 0 Å². The molecule has 0 unspecified atom stereocenters. The summed E-state index contributed by atoms with van der Waals surface area (Å²) in [6, 6.07) is 6.36. The molecule has 1 aromatic carbocycles. The third-order valence-electron chi connectivity index (χ3n) is 7.15. The third-order valence-corrected chi connectivity index (χ3v) is 7.15. The Morgan fingerprint density at radius 3 is 2.49 bits per heavy atom. The highest BCUT2D eigenvalue weighted by Gasteiger charge is 2.26. The number of urea groups is 1. The number of aromatic amines is 1. The number of nitrogens with zero attached hydrogens (tertiary/aromatic N) is 2. The van der Waals surface area contributed by atoms with Gasteiger partial charge in [0.15, 0.2) is 5.82 Å². The molecule has 0 saturated carbocycles. The molecule has 0 spiro atoms. The molecule has 218 valence electrons. The van der Waals surface area contributed by atoms with Crippen molar-refractivity contribution in [2.75, 3.05) is 42.1 Å². The van der Waals surface area contributed by atoms with Crippen LogP contribution in [0.15, 0.2) is 28.8 Å². The first-order valence-corrected chi connectivity index (χ1v) is 13.8. The Hall–Kier alpha value is -4.38. The van der Waals surface area contributed by atoms with Gasteiger partial charge in [0.25, 0.3) is 11.8 Å². The number of amides is 4. The van der Waals surface area contributed by atoms with Crippen molar-refractivity contribution >= 4 is 46.7 Å². The summed E-state index contributed by atoms with van der Waals surface area (Å²) in [5.41, 5.74) is 4.68. The van der Waals surface area contributed by atoms with Crippen molar-refractivity contribution in [3.05, 3.63) is 58.1 Å². The predicted octanol–water partition coefficient (Wildman–Crippen LogP) is 5.13. The number of benzene rings is 1. The lowest BCUT2D eigenvalue weighted by atomic mass is 9.93. The average molecular weight is 562 g/mol. The zero-order valence-electron chi connectivity index (χ0n) is 24.7. The van der Waals surface area contributed by atoms with E-state index in [0.29, 0.717) is 51.9 Å². The molecule has 0 bridgehead atoms. The minimum atomic E-state index is -0.492. The van der Waals surface area contributed by atoms with Crippen LogP contribution in [-0.2, 0) is 10.2 Å². The van der Waals surface area contributed by atoms with E-state index in [2.05, 4.69) is 50.2 Å². The number of rotatable bonds is 9. The molecule has 0 fully saturated rings. The molecule has 0 aliphatic carbocycles. The Bertz CT molecular complexity index is 1490. The minimum Gasteiger partial charge on any atom is -0.359 e. The Morgan fingerprint density at radius 2 is 1.83 bits per heavy atom. The number of nitrogens with one attached hydrogen (secondary N) is 5. The Morgan fingerprint density at radius 1 is 1.10 bits per heavy atom. The summed E-state index contributed by atoms with van der Waals surface area (Å²) in [4.78, 5) is 44.0. The molecule has 0 radical (unpaired) electrons. The van der Waals surface area contributed by atoms with Crippen molar-refractivity contribution in [2.45, 2.75) is 53.9 Å². The molecular weight excluding hydrogens is 522 g/mol. The molecule has 3 heterocycles. The maximum Gasteiger partial charge on any atom is 0.324 e. The van der Waals surface area contributed by atoms with Crippen LogP contribution in [0.1, 0.15) is 73.3 Å². The second kappa shape index (κ2) is 12.0. The van der Waals surface area contributed by atoms with E-state index in [-0.39, 0.29) is 17.2 Å². The van der Waals surface area contributed by atoms with E-state index in [9.17, 15) is 14.4 Å². The van der Waals surface area contributed by atoms with Gasteiger partial charge >= 0.3 is 6.03 Å². The van der Waals surface area contributed by atoms with Gasteiger partial charge in [-0.05, 0) is 56.8 Å². The molecule has 1 aliphatic heterocycles. The van der Waals surface area contributed by atoms with Gasteiger partial charge in [0, 0.05) is 52.9 Å². The molecule has 1 aliphatic rings. The average Bonchev–Trinajstić information content (AvgIpc) is 3.58. The molecule has 5 N–H and O–H groups in total. The van der Waals surface area contributed by atoms with Crippen molar-refractivity contribution in [2.24, 2.45) is 0 Å². The van der Waals surface area contributed by atoms with Crippen LogP contribution < -0.4 is 21.3 Å². The number of hydrogen-bond acceptors (Lipinski definition) is 6. The van der Waals surface area contributed by atoms with Gasteiger partial charge < -0.3 is 30.4 Å². The fraction of sp³-hybridized carbons (Fsp3) is 0.400. The zero-order chi connectivity index (χ0) is 29.9. The van der Waals surface area contributed by atoms with Gasteiger partial charge in [-0.15, -0.1) is 0 Å². The second-order valence-electron chi connectivity index (χ2n) is 11.1. The summed E-state index contributed by atoms with van der Waals surface area (Å²) in [5, 5.41) is 15.2. The molecule has 11 nitrogen and oxygen atoms in total. The van der Waals surface area contributed by atoms with Crippen LogP contribution in [-0.4, -0.2) is 59.1 Å². The van der Waals surface area contributed by atoms with Crippen LogP contribution in [0.3, 0.4) is 0 Å². The van der Waals surface area contributed by atoms with Crippen LogP contribution in [0.25, 0.3) is 11.6 Å². The van der Waals surface area contributed by atoms with Crippen molar-refractivity contribution in [1.82, 2.24) is 20.4 Å². The van der Waals surface area contributed by atoms with E-state index in [4.69, 9.17) is 4.52 Å². The normalized spacial score (nSPS) is 13.9. The molecule has 4 rings (SSSR count). The topological polar surface area (TPSA) is 144 Å². The molecule has 0 atom stereocenters. The quantitative estimate of drug-likeness (QED) is 0.229. The maximum atomic E-state index is 13.0. The number of carbonyl (C=O) groups is 3. The van der Waals surface area contributed by atoms with E-state index >= 15 is 0 Å². The minimum absolute atomic E-state index is 0.149. The number of likely N-dealkylation sites (N-methyl/N-ethyl adjacent to an activating group) is 1. The number of fused-ring (bicyclic) bond motifs is 1. The number of H-pyrrole nitrogens is 1. The Kier molecular flexibility index (Phi) is 8.67. The number of hydrogen-bond donors (Lipinski definition) is 5. The van der Waals surface area contributed by atoms with Crippen LogP contribution in [0.4, 0.5) is 22.0 Å². The summed E-state index contributed by atoms with van der Waals surface area (Å²) < 4.78 is 5.32. The van der Waals surface area contributed by atoms with Gasteiger partial charge in [-0.25, -0.2) is 4.79 Å². The van der Waals surface area contributed by atoms with Gasteiger partial charge in [0.1, 0.15) is 5.76 Å². The lowest BCUT2D eigenvalue weighted by Crippen LogP contribution is -2.35. The van der Waals surface area contributed by atoms with Crippen LogP contribution >= 0.6 is 0 Å². The van der Waals surface area contributed by atoms with Gasteiger partial charge in [0.2, 0.25) is 0 Å². The molecule has 3 aromatic rings. The summed E-state index contributed by atoms with van der Waals surface area (Å²) >= 11 is 0. The molecular formula is C30H39N7O4. The fourth-order valence-electron chi connectivity index (χ4n) is 4.73. The molecule has 11 heteroatoms. The SMILES string of the molecule is CCN(CC)CCNC(=O)c1c(C)[nH]c(/C=C2\C(=O)Nc3ccc(NC(=O)Nc4cc(C(C)(C)C)on4)cc32)c1C. The lowest BCUT2D eigenvalue weighted by molar-refractivity contribution is -0.110. The third kappa shape index (κ3) is 6.68. The van der Waals surface area contributed by atoms with Crippen molar-refractivity contribution in [1.29, 1.82) is 0 Å². The Balaban J connectivity index is 1.50. The van der Waals surface area contributed by atoms with Gasteiger partial charge in [0.05, 0.1) is 11.1 Å². The number of aryl methyl sites for hydroxylation is 1. The predicted molar refractivity (Wildman–Crippen MR) is 161 cm³/mol. The lowest BCUT2D eigenvalue weighted by Gasteiger charge is -2.18. The highest BCUT2D eigenvalue weighted by molar-refractivity contribution is 6.35. The van der Waals surface area contributed by atoms with Crippen molar-refractivity contribution < 1.29 is 18.9 Å². The largest absolute Gasteiger partial charge is 0.359 e. The molecule has 4 amide bonds. The summed E-state index contributed by atoms with van der Waals surface area (Å²) in [7, 11) is 0. The van der Waals surface area contributed by atoms with E-state index in [1.165, 1.54) is 0 Å². The van der Waals surface area contributed by atoms with E-state index in [1.807, 2.05) is 34.6 Å². The maximum absolute atomic E-state index is 13.0. The number of anilines is 3. The monoisotopic (exact) mass is 561 g/mol. The summed E-state index contributed by atoms with van der Waals surface area (Å²) in [5.74, 6) is 0.538. The number of aromatic nitrogens is 2. The van der Waals surface area contributed by atoms with Gasteiger partial charge in [-0.2, -0.15) is 0 Å². The van der Waals surface area contributed by atoms with Gasteiger partial charge in [-0.3, -0.25) is 14.9 Å². The molecule has 41 heavy (non-hydrogen) atoms. The zero-order valence-corrected chi connectivity index (χ0v) is 24.7. The first kappa shape index (κ1) is 29.6. The standard InChI is InChI=1S/C30H39N7O4/c1-8-37(9-2)13-12-31-28(39)26-17(3)23(32-18(26)4)15-21-20-14-19(10-11-22(20)34-27(21)38)33-29(40)35-25-16-24(41-36-25)30(5,6)7/h10-11,14-16,32H,8-9,12-13H2,1-7H3,(H,31,39)(H,34,38)(H2,33,35,36,40)/b21-15-. The first-order valence-electron chi connectivity index (χ1n) is 13.8. The van der Waals surface area contributed by atoms with E-state index in [0.717, 1.165) is 30.9 Å².